The van der Waals surface area contributed by atoms with Crippen LogP contribution in [0.2, 0.25) is 0 Å². The predicted octanol–water partition coefficient (Wildman–Crippen LogP) is 3.24. The topological polar surface area (TPSA) is 49.3 Å². The van der Waals surface area contributed by atoms with Crippen molar-refractivity contribution in [3.05, 3.63) is 11.3 Å². The van der Waals surface area contributed by atoms with Crippen LogP contribution >= 0.6 is 21.6 Å². The largest absolute Gasteiger partial charge is 0.512 e. The van der Waals surface area contributed by atoms with Crippen molar-refractivity contribution in [2.75, 3.05) is 5.88 Å². The lowest BCUT2D eigenvalue weighted by Crippen LogP contribution is -2.15. The van der Waals surface area contributed by atoms with Crippen LogP contribution in [0.1, 0.15) is 39.5 Å². The second kappa shape index (κ2) is 6.45. The van der Waals surface area contributed by atoms with Gasteiger partial charge in [-0.25, -0.2) is 0 Å². The molecule has 1 aliphatic carbocycles. The minimum absolute atomic E-state index is 0.124. The lowest BCUT2D eigenvalue weighted by molar-refractivity contribution is -0.109. The maximum Gasteiger partial charge on any atom is 0.207 e. The molecule has 0 unspecified atom stereocenters. The molecule has 0 bridgehead atoms. The van der Waals surface area contributed by atoms with Crippen molar-refractivity contribution in [1.82, 2.24) is 5.32 Å². The van der Waals surface area contributed by atoms with Gasteiger partial charge in [0.15, 0.2) is 0 Å². The molecule has 1 aliphatic rings. The Labute approximate surface area is 105 Å². The van der Waals surface area contributed by atoms with E-state index < -0.39 is 0 Å². The summed E-state index contributed by atoms with van der Waals surface area (Å²) in [5.41, 5.74) is 1.23. The summed E-state index contributed by atoms with van der Waals surface area (Å²) in [5, 5.41) is 12.3. The first-order chi connectivity index (χ1) is 7.55. The summed E-state index contributed by atoms with van der Waals surface area (Å²) >= 11 is 0. The van der Waals surface area contributed by atoms with Gasteiger partial charge in [0, 0.05) is 11.2 Å². The van der Waals surface area contributed by atoms with E-state index in [1.54, 1.807) is 21.6 Å². The Morgan fingerprint density at radius 2 is 2.25 bits per heavy atom. The van der Waals surface area contributed by atoms with Gasteiger partial charge < -0.3 is 10.4 Å². The first-order valence-electron chi connectivity index (χ1n) is 5.43. The van der Waals surface area contributed by atoms with E-state index in [0.29, 0.717) is 18.0 Å². The Kier molecular flexibility index (Phi) is 5.55. The smallest absolute Gasteiger partial charge is 0.207 e. The van der Waals surface area contributed by atoms with E-state index in [4.69, 9.17) is 0 Å². The zero-order chi connectivity index (χ0) is 12.0. The monoisotopic (exact) mass is 261 g/mol. The average Bonchev–Trinajstić information content (AvgIpc) is 3.05. The molecular formula is C11H19NO2S2. The van der Waals surface area contributed by atoms with E-state index >= 15 is 0 Å². The molecule has 0 aliphatic heterocycles. The molecule has 0 heterocycles. The van der Waals surface area contributed by atoms with E-state index in [1.165, 1.54) is 5.57 Å². The third-order valence-electron chi connectivity index (χ3n) is 2.38. The van der Waals surface area contributed by atoms with Gasteiger partial charge in [-0.1, -0.05) is 21.6 Å². The highest BCUT2D eigenvalue weighted by Gasteiger charge is 2.22. The van der Waals surface area contributed by atoms with Crippen LogP contribution in [-0.2, 0) is 4.79 Å². The summed E-state index contributed by atoms with van der Waals surface area (Å²) in [6.07, 6.45) is 4.61. The number of rotatable bonds is 8. The summed E-state index contributed by atoms with van der Waals surface area (Å²) < 4.78 is 0.124. The Balaban J connectivity index is 2.17. The van der Waals surface area contributed by atoms with Crippen LogP contribution in [-0.4, -0.2) is 22.1 Å². The molecular weight excluding hydrogens is 242 g/mol. The van der Waals surface area contributed by atoms with Gasteiger partial charge in [-0.05, 0) is 38.7 Å². The molecule has 16 heavy (non-hydrogen) atoms. The molecule has 0 aromatic rings. The van der Waals surface area contributed by atoms with Crippen molar-refractivity contribution >= 4 is 28.0 Å². The summed E-state index contributed by atoms with van der Waals surface area (Å²) in [7, 11) is 3.39. The van der Waals surface area contributed by atoms with Crippen molar-refractivity contribution in [2.24, 2.45) is 0 Å². The summed E-state index contributed by atoms with van der Waals surface area (Å²) in [4.78, 5) is 10.1. The van der Waals surface area contributed by atoms with Crippen molar-refractivity contribution < 1.29 is 9.90 Å². The minimum Gasteiger partial charge on any atom is -0.512 e. The molecule has 0 aromatic heterocycles. The van der Waals surface area contributed by atoms with Gasteiger partial charge in [-0.3, -0.25) is 4.79 Å². The van der Waals surface area contributed by atoms with Gasteiger partial charge in [0.1, 0.15) is 0 Å². The first-order valence-corrected chi connectivity index (χ1v) is 7.74. The van der Waals surface area contributed by atoms with Crippen LogP contribution in [0.3, 0.4) is 0 Å². The second-order valence-corrected chi connectivity index (χ2v) is 7.48. The molecule has 1 saturated carbocycles. The first kappa shape index (κ1) is 13.8. The lowest BCUT2D eigenvalue weighted by Gasteiger charge is -2.22. The number of hydrogen-bond acceptors (Lipinski definition) is 4. The van der Waals surface area contributed by atoms with Crippen LogP contribution in [0, 0.1) is 0 Å². The third-order valence-corrected chi connectivity index (χ3v) is 5.50. The number of amides is 1. The molecule has 0 aromatic carbocycles. The minimum atomic E-state index is 0.124. The second-order valence-electron chi connectivity index (χ2n) is 4.48. The maximum atomic E-state index is 10.1. The fraction of sp³-hybridized carbons (Fsp3) is 0.727. The van der Waals surface area contributed by atoms with Crippen molar-refractivity contribution in [1.29, 1.82) is 0 Å². The number of carbonyl (C=O) groups excluding carboxylic acids is 1. The molecule has 0 spiro atoms. The average molecular weight is 261 g/mol. The van der Waals surface area contributed by atoms with E-state index in [-0.39, 0.29) is 4.75 Å². The number of hydrogen-bond donors (Lipinski definition) is 2. The normalized spacial score (nSPS) is 14.8. The Morgan fingerprint density at radius 3 is 2.81 bits per heavy atom. The Hall–Kier alpha value is -0.290. The number of aliphatic hydroxyl groups excluding tert-OH is 1. The maximum absolute atomic E-state index is 10.1. The highest BCUT2D eigenvalue weighted by atomic mass is 33.1. The van der Waals surface area contributed by atoms with Gasteiger partial charge in [0.2, 0.25) is 6.41 Å². The van der Waals surface area contributed by atoms with E-state index in [1.807, 2.05) is 0 Å². The fourth-order valence-electron chi connectivity index (χ4n) is 1.25. The molecule has 92 valence electrons. The highest BCUT2D eigenvalue weighted by molar-refractivity contribution is 8.77. The van der Waals surface area contributed by atoms with Gasteiger partial charge in [0.05, 0.1) is 11.6 Å². The van der Waals surface area contributed by atoms with E-state index in [9.17, 15) is 9.90 Å². The molecule has 1 rings (SSSR count). The van der Waals surface area contributed by atoms with Crippen LogP contribution in [0.5, 0.6) is 0 Å². The summed E-state index contributed by atoms with van der Waals surface area (Å²) in [5.74, 6) is 1.23. The molecule has 5 heteroatoms. The molecule has 2 N–H and O–H groups in total. The third kappa shape index (κ3) is 5.70. The van der Waals surface area contributed by atoms with E-state index in [2.05, 4.69) is 19.2 Å². The van der Waals surface area contributed by atoms with Crippen molar-refractivity contribution in [2.45, 2.75) is 44.3 Å². The fourth-order valence-corrected chi connectivity index (χ4v) is 3.53. The zero-order valence-corrected chi connectivity index (χ0v) is 11.4. The number of carbonyl (C=O) groups is 1. The van der Waals surface area contributed by atoms with Crippen LogP contribution < -0.4 is 5.32 Å². The predicted molar refractivity (Wildman–Crippen MR) is 71.5 cm³/mol. The van der Waals surface area contributed by atoms with Crippen molar-refractivity contribution in [3.8, 4) is 0 Å². The Morgan fingerprint density at radius 1 is 1.56 bits per heavy atom. The van der Waals surface area contributed by atoms with Gasteiger partial charge in [0.25, 0.3) is 0 Å². The van der Waals surface area contributed by atoms with Crippen LogP contribution in [0.25, 0.3) is 0 Å². The quantitative estimate of drug-likeness (QED) is 0.231. The summed E-state index contributed by atoms with van der Waals surface area (Å²) in [6, 6.07) is 0. The van der Waals surface area contributed by atoms with Gasteiger partial charge >= 0.3 is 0 Å². The number of aliphatic hydroxyl groups is 1. The Bertz CT molecular complexity index is 271. The molecule has 3 nitrogen and oxygen atoms in total. The standard InChI is InChI=1S/C11H19NO2S2/c1-11(2,16-15-8-12-7-13)6-5-10(14)9-3-4-9/h7,14H,3-6,8H2,1-2H3,(H,12,13). The SMILES string of the molecule is CC(C)(CCC(O)=C1CC1)SSCNC=O. The van der Waals surface area contributed by atoms with Crippen LogP contribution in [0.4, 0.5) is 0 Å². The molecule has 1 fully saturated rings. The summed E-state index contributed by atoms with van der Waals surface area (Å²) in [6.45, 7) is 4.33. The molecule has 0 saturated heterocycles. The lowest BCUT2D eigenvalue weighted by atomic mass is 10.1. The van der Waals surface area contributed by atoms with Crippen LogP contribution in [0.15, 0.2) is 11.3 Å². The van der Waals surface area contributed by atoms with Gasteiger partial charge in [-0.15, -0.1) is 0 Å². The molecule has 0 radical (unpaired) electrons. The van der Waals surface area contributed by atoms with Gasteiger partial charge in [-0.2, -0.15) is 0 Å². The highest BCUT2D eigenvalue weighted by Crippen LogP contribution is 2.40. The van der Waals surface area contributed by atoms with Crippen molar-refractivity contribution in [3.63, 3.8) is 0 Å². The number of allylic oxidation sites excluding steroid dienone is 2. The number of nitrogens with one attached hydrogen (secondary N) is 1. The zero-order valence-electron chi connectivity index (χ0n) is 9.78. The van der Waals surface area contributed by atoms with E-state index in [0.717, 1.165) is 25.7 Å². The molecule has 0 atom stereocenters. The molecule has 1 amide bonds.